The summed E-state index contributed by atoms with van der Waals surface area (Å²) in [5.41, 5.74) is 0.656. The normalized spacial score (nSPS) is 15.3. The predicted octanol–water partition coefficient (Wildman–Crippen LogP) is 3.41. The largest absolute Gasteiger partial charge is 0.492 e. The first-order chi connectivity index (χ1) is 14.5. The number of hydrogen-bond donors (Lipinski definition) is 0. The molecule has 158 valence electrons. The van der Waals surface area contributed by atoms with Gasteiger partial charge in [0, 0.05) is 30.7 Å². The van der Waals surface area contributed by atoms with E-state index in [9.17, 15) is 8.42 Å². The lowest BCUT2D eigenvalue weighted by Crippen LogP contribution is -2.49. The molecule has 8 nitrogen and oxygen atoms in total. The summed E-state index contributed by atoms with van der Waals surface area (Å²) in [4.78, 5) is 2.20. The van der Waals surface area contributed by atoms with Crippen molar-refractivity contribution in [2.45, 2.75) is 11.8 Å². The molecule has 1 aliphatic rings. The highest BCUT2D eigenvalue weighted by atomic mass is 79.9. The number of benzene rings is 1. The van der Waals surface area contributed by atoms with Gasteiger partial charge < -0.3 is 14.1 Å². The second-order valence-corrected chi connectivity index (χ2v) is 9.49. The van der Waals surface area contributed by atoms with E-state index < -0.39 is 10.0 Å². The van der Waals surface area contributed by atoms with Gasteiger partial charge in [0.25, 0.3) is 0 Å². The smallest absolute Gasteiger partial charge is 0.246 e. The van der Waals surface area contributed by atoms with Crippen molar-refractivity contribution in [2.24, 2.45) is 0 Å². The molecule has 0 amide bonds. The lowest BCUT2D eigenvalue weighted by atomic mass is 10.3. The van der Waals surface area contributed by atoms with Crippen LogP contribution < -0.4 is 9.64 Å². The van der Waals surface area contributed by atoms with E-state index in [-0.39, 0.29) is 4.90 Å². The molecule has 0 aliphatic carbocycles. The fraction of sp³-hybridized carbons (Fsp3) is 0.300. The molecule has 0 atom stereocenters. The van der Waals surface area contributed by atoms with Crippen LogP contribution in [0.25, 0.3) is 11.5 Å². The first kappa shape index (κ1) is 20.8. The minimum Gasteiger partial charge on any atom is -0.492 e. The second kappa shape index (κ2) is 8.75. The minimum atomic E-state index is -3.68. The Kier molecular flexibility index (Phi) is 6.07. The number of halogens is 1. The van der Waals surface area contributed by atoms with Gasteiger partial charge in [-0.05, 0) is 49.4 Å². The van der Waals surface area contributed by atoms with Crippen LogP contribution >= 0.6 is 15.9 Å². The highest BCUT2D eigenvalue weighted by Crippen LogP contribution is 2.31. The van der Waals surface area contributed by atoms with Crippen LogP contribution in [0, 0.1) is 0 Å². The summed E-state index contributed by atoms with van der Waals surface area (Å²) in [7, 11) is -3.68. The Hall–Kier alpha value is -2.43. The number of furan rings is 1. The molecule has 0 unspecified atom stereocenters. The first-order valence-electron chi connectivity index (χ1n) is 9.54. The molecule has 0 spiro atoms. The highest BCUT2D eigenvalue weighted by molar-refractivity contribution is 9.10. The van der Waals surface area contributed by atoms with Gasteiger partial charge in [0.15, 0.2) is 11.6 Å². The molecule has 1 aliphatic heterocycles. The third-order valence-electron chi connectivity index (χ3n) is 4.81. The number of aromatic nitrogens is 2. The van der Waals surface area contributed by atoms with Crippen LogP contribution in [0.1, 0.15) is 6.92 Å². The maximum Gasteiger partial charge on any atom is 0.246 e. The van der Waals surface area contributed by atoms with Crippen molar-refractivity contribution >= 4 is 31.8 Å². The Labute approximate surface area is 183 Å². The van der Waals surface area contributed by atoms with Gasteiger partial charge in [-0.3, -0.25) is 0 Å². The van der Waals surface area contributed by atoms with Gasteiger partial charge in [-0.2, -0.15) is 4.31 Å². The van der Waals surface area contributed by atoms with Crippen molar-refractivity contribution in [3.63, 3.8) is 0 Å². The van der Waals surface area contributed by atoms with Gasteiger partial charge in [-0.25, -0.2) is 8.42 Å². The summed E-state index contributed by atoms with van der Waals surface area (Å²) in [6.07, 6.45) is 1.59. The predicted molar refractivity (Wildman–Crippen MR) is 116 cm³/mol. The summed E-state index contributed by atoms with van der Waals surface area (Å²) in [5.74, 6) is 1.73. The van der Waals surface area contributed by atoms with E-state index in [0.29, 0.717) is 60.3 Å². The van der Waals surface area contributed by atoms with E-state index in [0.717, 1.165) is 0 Å². The number of rotatable bonds is 6. The molecule has 1 aromatic carbocycles. The lowest BCUT2D eigenvalue weighted by molar-refractivity contribution is 0.327. The number of ether oxygens (including phenoxy) is 1. The average molecular weight is 493 g/mol. The number of anilines is 1. The van der Waals surface area contributed by atoms with Gasteiger partial charge >= 0.3 is 0 Å². The average Bonchev–Trinajstić information content (AvgIpc) is 3.30. The molecule has 0 N–H and O–H groups in total. The molecule has 3 heterocycles. The van der Waals surface area contributed by atoms with E-state index in [1.807, 2.05) is 30.0 Å². The van der Waals surface area contributed by atoms with Crippen LogP contribution in [-0.4, -0.2) is 55.7 Å². The van der Waals surface area contributed by atoms with Gasteiger partial charge in [0.1, 0.15) is 16.3 Å². The zero-order valence-corrected chi connectivity index (χ0v) is 18.8. The van der Waals surface area contributed by atoms with Gasteiger partial charge in [0.2, 0.25) is 10.0 Å². The molecule has 10 heteroatoms. The SMILES string of the molecule is CCOc1ccc(Br)cc1S(=O)(=O)N1CCN(c2ccc(-c3ccco3)nn2)CC1. The summed E-state index contributed by atoms with van der Waals surface area (Å²) < 4.78 is 39.5. The molecule has 0 saturated carbocycles. The Balaban J connectivity index is 1.47. The molecule has 2 aromatic heterocycles. The number of piperazine rings is 1. The molecule has 1 fully saturated rings. The zero-order chi connectivity index (χ0) is 21.1. The highest BCUT2D eigenvalue weighted by Gasteiger charge is 2.31. The second-order valence-electron chi connectivity index (χ2n) is 6.67. The van der Waals surface area contributed by atoms with Gasteiger partial charge in [-0.15, -0.1) is 10.2 Å². The summed E-state index contributed by atoms with van der Waals surface area (Å²) >= 11 is 3.36. The standard InChI is InChI=1S/C20H21BrN4O4S/c1-2-28-18-7-5-15(21)14-19(18)30(26,27)25-11-9-24(10-12-25)20-8-6-16(22-23-20)17-4-3-13-29-17/h3-8,13-14H,2,9-12H2,1H3. The van der Waals surface area contributed by atoms with E-state index in [2.05, 4.69) is 26.1 Å². The lowest BCUT2D eigenvalue weighted by Gasteiger charge is -2.34. The van der Waals surface area contributed by atoms with E-state index >= 15 is 0 Å². The summed E-state index contributed by atoms with van der Waals surface area (Å²) in [6.45, 7) is 3.96. The third-order valence-corrected chi connectivity index (χ3v) is 7.22. The Morgan fingerprint density at radius 2 is 1.90 bits per heavy atom. The Morgan fingerprint density at radius 1 is 1.10 bits per heavy atom. The van der Waals surface area contributed by atoms with Crippen molar-refractivity contribution in [3.8, 4) is 17.2 Å². The molecular formula is C20H21BrN4O4S. The molecule has 3 aromatic rings. The van der Waals surface area contributed by atoms with Crippen molar-refractivity contribution in [1.82, 2.24) is 14.5 Å². The quantitative estimate of drug-likeness (QED) is 0.520. The molecule has 1 saturated heterocycles. The Bertz CT molecular complexity index is 1100. The summed E-state index contributed by atoms with van der Waals surface area (Å²) in [5, 5.41) is 8.49. The monoisotopic (exact) mass is 492 g/mol. The van der Waals surface area contributed by atoms with Crippen LogP contribution in [0.4, 0.5) is 5.82 Å². The van der Waals surface area contributed by atoms with Crippen LogP contribution in [0.5, 0.6) is 5.75 Å². The van der Waals surface area contributed by atoms with E-state index in [1.165, 1.54) is 4.31 Å². The fourth-order valence-corrected chi connectivity index (χ4v) is 5.40. The Morgan fingerprint density at radius 3 is 2.53 bits per heavy atom. The fourth-order valence-electron chi connectivity index (χ4n) is 3.30. The molecular weight excluding hydrogens is 472 g/mol. The number of nitrogens with zero attached hydrogens (tertiary/aromatic N) is 4. The van der Waals surface area contributed by atoms with E-state index in [4.69, 9.17) is 9.15 Å². The zero-order valence-electron chi connectivity index (χ0n) is 16.4. The number of hydrogen-bond acceptors (Lipinski definition) is 7. The van der Waals surface area contributed by atoms with E-state index in [1.54, 1.807) is 30.5 Å². The molecule has 30 heavy (non-hydrogen) atoms. The minimum absolute atomic E-state index is 0.176. The maximum absolute atomic E-state index is 13.2. The van der Waals surface area contributed by atoms with Crippen LogP contribution in [0.15, 0.2) is 62.5 Å². The molecule has 0 bridgehead atoms. The van der Waals surface area contributed by atoms with Crippen LogP contribution in [0.2, 0.25) is 0 Å². The van der Waals surface area contributed by atoms with Crippen LogP contribution in [0.3, 0.4) is 0 Å². The number of sulfonamides is 1. The van der Waals surface area contributed by atoms with Gasteiger partial charge in [0.05, 0.1) is 12.9 Å². The molecule has 4 rings (SSSR count). The first-order valence-corrected chi connectivity index (χ1v) is 11.8. The van der Waals surface area contributed by atoms with Crippen molar-refractivity contribution < 1.29 is 17.6 Å². The maximum atomic E-state index is 13.2. The molecule has 0 radical (unpaired) electrons. The van der Waals surface area contributed by atoms with Crippen LogP contribution in [-0.2, 0) is 10.0 Å². The van der Waals surface area contributed by atoms with Crippen molar-refractivity contribution in [1.29, 1.82) is 0 Å². The topological polar surface area (TPSA) is 88.8 Å². The van der Waals surface area contributed by atoms with Gasteiger partial charge in [-0.1, -0.05) is 15.9 Å². The third kappa shape index (κ3) is 4.21. The van der Waals surface area contributed by atoms with Crippen molar-refractivity contribution in [3.05, 3.63) is 53.2 Å². The van der Waals surface area contributed by atoms with Crippen molar-refractivity contribution in [2.75, 3.05) is 37.7 Å². The summed E-state index contributed by atoms with van der Waals surface area (Å²) in [6, 6.07) is 12.4.